The van der Waals surface area contributed by atoms with Gasteiger partial charge < -0.3 is 14.2 Å². The minimum Gasteiger partial charge on any atom is -0.371 e. The Labute approximate surface area is 135 Å². The van der Waals surface area contributed by atoms with Crippen LogP contribution in [0.2, 0.25) is 0 Å². The van der Waals surface area contributed by atoms with Crippen molar-refractivity contribution in [2.45, 2.75) is 77.5 Å². The Morgan fingerprint density at radius 1 is 1.18 bits per heavy atom. The van der Waals surface area contributed by atoms with Crippen molar-refractivity contribution < 1.29 is 14.2 Å². The molecule has 2 rings (SSSR count). The molecule has 0 unspecified atom stereocenters. The van der Waals surface area contributed by atoms with Crippen molar-refractivity contribution in [1.82, 2.24) is 0 Å². The Hall–Kier alpha value is -0.900. The van der Waals surface area contributed by atoms with E-state index >= 15 is 0 Å². The summed E-state index contributed by atoms with van der Waals surface area (Å²) in [7, 11) is 0. The third kappa shape index (κ3) is 5.71. The molecule has 0 spiro atoms. The second-order valence-electron chi connectivity index (χ2n) is 6.55. The zero-order chi connectivity index (χ0) is 15.8. The third-order valence-corrected chi connectivity index (χ3v) is 4.09. The Morgan fingerprint density at radius 3 is 2.59 bits per heavy atom. The van der Waals surface area contributed by atoms with Crippen LogP contribution in [0, 0.1) is 0 Å². The lowest BCUT2D eigenvalue weighted by atomic mass is 10.1. The van der Waals surface area contributed by atoms with Crippen LogP contribution in [0.5, 0.6) is 0 Å². The molecular formula is C19H30O3. The van der Waals surface area contributed by atoms with E-state index < -0.39 is 5.79 Å². The number of hydrogen-bond donors (Lipinski definition) is 0. The monoisotopic (exact) mass is 306 g/mol. The van der Waals surface area contributed by atoms with Gasteiger partial charge in [0.15, 0.2) is 5.79 Å². The molecule has 2 atom stereocenters. The maximum atomic E-state index is 6.18. The zero-order valence-corrected chi connectivity index (χ0v) is 14.2. The lowest BCUT2D eigenvalue weighted by Crippen LogP contribution is -2.33. The Bertz CT molecular complexity index is 416. The molecule has 1 aliphatic rings. The summed E-state index contributed by atoms with van der Waals surface area (Å²) in [6, 6.07) is 10.3. The molecule has 1 fully saturated rings. The quantitative estimate of drug-likeness (QED) is 0.619. The maximum absolute atomic E-state index is 6.18. The molecular weight excluding hydrogens is 276 g/mol. The van der Waals surface area contributed by atoms with Crippen molar-refractivity contribution in [2.75, 3.05) is 6.61 Å². The Kier molecular flexibility index (Phi) is 6.87. The van der Waals surface area contributed by atoms with Crippen molar-refractivity contribution in [2.24, 2.45) is 0 Å². The first-order valence-electron chi connectivity index (χ1n) is 8.58. The van der Waals surface area contributed by atoms with Gasteiger partial charge in [-0.25, -0.2) is 0 Å². The standard InChI is InChI=1S/C19H30O3/c1-4-5-6-10-13-17(18-15-21-19(2,3)22-18)20-14-16-11-8-7-9-12-16/h7-9,11-12,17-18H,4-6,10,13-15H2,1-3H3/t17-,18-/m0/s1. The molecule has 0 radical (unpaired) electrons. The minimum absolute atomic E-state index is 0.0420. The Balaban J connectivity index is 1.86. The largest absolute Gasteiger partial charge is 0.371 e. The summed E-state index contributed by atoms with van der Waals surface area (Å²) in [6.07, 6.45) is 6.19. The van der Waals surface area contributed by atoms with Crippen LogP contribution >= 0.6 is 0 Å². The van der Waals surface area contributed by atoms with Gasteiger partial charge in [0.2, 0.25) is 0 Å². The van der Waals surface area contributed by atoms with E-state index in [4.69, 9.17) is 14.2 Å². The zero-order valence-electron chi connectivity index (χ0n) is 14.2. The first-order chi connectivity index (χ1) is 10.6. The molecule has 0 bridgehead atoms. The van der Waals surface area contributed by atoms with Gasteiger partial charge in [0, 0.05) is 0 Å². The maximum Gasteiger partial charge on any atom is 0.163 e. The van der Waals surface area contributed by atoms with Crippen LogP contribution in [0.4, 0.5) is 0 Å². The normalized spacial score (nSPS) is 21.9. The average Bonchev–Trinajstić information content (AvgIpc) is 2.87. The van der Waals surface area contributed by atoms with Crippen LogP contribution in [-0.4, -0.2) is 24.6 Å². The van der Waals surface area contributed by atoms with E-state index in [1.807, 2.05) is 32.0 Å². The molecule has 0 amide bonds. The summed E-state index contributed by atoms with van der Waals surface area (Å²) in [5.41, 5.74) is 1.21. The number of ether oxygens (including phenoxy) is 3. The fourth-order valence-electron chi connectivity index (χ4n) is 2.82. The number of unbranched alkanes of at least 4 members (excludes halogenated alkanes) is 3. The number of benzene rings is 1. The number of rotatable bonds is 9. The van der Waals surface area contributed by atoms with Crippen LogP contribution in [0.1, 0.15) is 58.4 Å². The van der Waals surface area contributed by atoms with Gasteiger partial charge in [0.05, 0.1) is 19.3 Å². The van der Waals surface area contributed by atoms with Gasteiger partial charge in [-0.05, 0) is 25.8 Å². The summed E-state index contributed by atoms with van der Waals surface area (Å²) in [5.74, 6) is -0.484. The SMILES string of the molecule is CCCCCC[C@H](OCc1ccccc1)[C@@H]1COC(C)(C)O1. The average molecular weight is 306 g/mol. The number of hydrogen-bond acceptors (Lipinski definition) is 3. The highest BCUT2D eigenvalue weighted by Crippen LogP contribution is 2.28. The van der Waals surface area contributed by atoms with Gasteiger partial charge in [-0.1, -0.05) is 62.9 Å². The smallest absolute Gasteiger partial charge is 0.163 e. The van der Waals surface area contributed by atoms with Crippen LogP contribution in [0.25, 0.3) is 0 Å². The molecule has 1 heterocycles. The first kappa shape index (κ1) is 17.5. The van der Waals surface area contributed by atoms with E-state index in [0.717, 1.165) is 6.42 Å². The van der Waals surface area contributed by atoms with Crippen LogP contribution < -0.4 is 0 Å². The van der Waals surface area contributed by atoms with E-state index in [1.165, 1.54) is 31.2 Å². The fourth-order valence-corrected chi connectivity index (χ4v) is 2.82. The molecule has 0 N–H and O–H groups in total. The van der Waals surface area contributed by atoms with Crippen LogP contribution in [0.15, 0.2) is 30.3 Å². The van der Waals surface area contributed by atoms with Gasteiger partial charge in [-0.2, -0.15) is 0 Å². The van der Waals surface area contributed by atoms with Gasteiger partial charge in [0.1, 0.15) is 6.10 Å². The van der Waals surface area contributed by atoms with Crippen molar-refractivity contribution in [1.29, 1.82) is 0 Å². The predicted octanol–water partition coefficient (Wildman–Crippen LogP) is 4.69. The summed E-state index contributed by atoms with van der Waals surface area (Å²) in [4.78, 5) is 0. The van der Waals surface area contributed by atoms with Crippen molar-refractivity contribution in [3.63, 3.8) is 0 Å². The second kappa shape index (κ2) is 8.66. The van der Waals surface area contributed by atoms with Crippen LogP contribution in [0.3, 0.4) is 0 Å². The topological polar surface area (TPSA) is 27.7 Å². The van der Waals surface area contributed by atoms with E-state index in [9.17, 15) is 0 Å². The molecule has 22 heavy (non-hydrogen) atoms. The molecule has 0 aliphatic carbocycles. The molecule has 3 heteroatoms. The molecule has 0 saturated carbocycles. The first-order valence-corrected chi connectivity index (χ1v) is 8.58. The summed E-state index contributed by atoms with van der Waals surface area (Å²) in [6.45, 7) is 7.44. The van der Waals surface area contributed by atoms with E-state index in [-0.39, 0.29) is 12.2 Å². The fraction of sp³-hybridized carbons (Fsp3) is 0.684. The van der Waals surface area contributed by atoms with E-state index in [0.29, 0.717) is 13.2 Å². The Morgan fingerprint density at radius 2 is 1.95 bits per heavy atom. The minimum atomic E-state index is -0.484. The van der Waals surface area contributed by atoms with Crippen molar-refractivity contribution >= 4 is 0 Å². The second-order valence-corrected chi connectivity index (χ2v) is 6.55. The molecule has 1 aliphatic heterocycles. The van der Waals surface area contributed by atoms with Gasteiger partial charge in [-0.3, -0.25) is 0 Å². The molecule has 1 aromatic rings. The van der Waals surface area contributed by atoms with Gasteiger partial charge in [-0.15, -0.1) is 0 Å². The molecule has 124 valence electrons. The summed E-state index contributed by atoms with van der Waals surface area (Å²) >= 11 is 0. The highest BCUT2D eigenvalue weighted by Gasteiger charge is 2.37. The van der Waals surface area contributed by atoms with E-state index in [2.05, 4.69) is 19.1 Å². The lowest BCUT2D eigenvalue weighted by Gasteiger charge is -2.24. The summed E-state index contributed by atoms with van der Waals surface area (Å²) < 4.78 is 17.9. The van der Waals surface area contributed by atoms with Gasteiger partial charge in [0.25, 0.3) is 0 Å². The van der Waals surface area contributed by atoms with Crippen LogP contribution in [-0.2, 0) is 20.8 Å². The highest BCUT2D eigenvalue weighted by molar-refractivity contribution is 5.13. The molecule has 0 aromatic heterocycles. The lowest BCUT2D eigenvalue weighted by molar-refractivity contribution is -0.158. The van der Waals surface area contributed by atoms with Gasteiger partial charge >= 0.3 is 0 Å². The predicted molar refractivity (Wildman–Crippen MR) is 88.7 cm³/mol. The van der Waals surface area contributed by atoms with Crippen molar-refractivity contribution in [3.05, 3.63) is 35.9 Å². The third-order valence-electron chi connectivity index (χ3n) is 4.09. The molecule has 3 nitrogen and oxygen atoms in total. The highest BCUT2D eigenvalue weighted by atomic mass is 16.7. The molecule has 1 aromatic carbocycles. The van der Waals surface area contributed by atoms with Crippen molar-refractivity contribution in [3.8, 4) is 0 Å². The molecule has 1 saturated heterocycles. The summed E-state index contributed by atoms with van der Waals surface area (Å²) in [5, 5.41) is 0. The van der Waals surface area contributed by atoms with E-state index in [1.54, 1.807) is 0 Å².